The zero-order chi connectivity index (χ0) is 20.0. The van der Waals surface area contributed by atoms with E-state index in [1.165, 1.54) is 24.0 Å². The summed E-state index contributed by atoms with van der Waals surface area (Å²) >= 11 is 1.42. The van der Waals surface area contributed by atoms with Gasteiger partial charge in [0.25, 0.3) is 0 Å². The molecule has 146 valence electrons. The van der Waals surface area contributed by atoms with Crippen molar-refractivity contribution in [2.75, 3.05) is 19.5 Å². The van der Waals surface area contributed by atoms with Crippen LogP contribution in [0, 0.1) is 10.1 Å². The van der Waals surface area contributed by atoms with Crippen LogP contribution in [0.3, 0.4) is 0 Å². The number of nitrogens with zero attached hydrogens (tertiary/aromatic N) is 5. The number of nitro groups is 1. The third-order valence-electron chi connectivity index (χ3n) is 3.50. The molecule has 0 N–H and O–H groups in total. The summed E-state index contributed by atoms with van der Waals surface area (Å²) in [4.78, 5) is 11.0. The number of rotatable bonds is 9. The molecular formula is C17H23N5O4S. The number of aromatic nitrogens is 3. The SMILES string of the molecule is CCOc1cc(/C=N\n2c(SC)nnc2C(C)C)cc([N+](=O)[O-])c1OCC. The van der Waals surface area contributed by atoms with E-state index < -0.39 is 4.92 Å². The maximum Gasteiger partial charge on any atom is 0.315 e. The quantitative estimate of drug-likeness (QED) is 0.277. The Kier molecular flexibility index (Phi) is 7.17. The molecule has 0 amide bonds. The highest BCUT2D eigenvalue weighted by atomic mass is 32.2. The van der Waals surface area contributed by atoms with E-state index in [0.717, 1.165) is 0 Å². The second-order valence-corrected chi connectivity index (χ2v) is 6.52. The highest BCUT2D eigenvalue weighted by Gasteiger charge is 2.22. The average molecular weight is 393 g/mol. The van der Waals surface area contributed by atoms with Gasteiger partial charge in [0.2, 0.25) is 10.9 Å². The molecular weight excluding hydrogens is 370 g/mol. The molecule has 2 rings (SSSR count). The largest absolute Gasteiger partial charge is 0.490 e. The highest BCUT2D eigenvalue weighted by molar-refractivity contribution is 7.98. The van der Waals surface area contributed by atoms with Gasteiger partial charge in [0, 0.05) is 17.5 Å². The summed E-state index contributed by atoms with van der Waals surface area (Å²) in [5.41, 5.74) is 0.353. The summed E-state index contributed by atoms with van der Waals surface area (Å²) in [5.74, 6) is 1.27. The van der Waals surface area contributed by atoms with E-state index in [-0.39, 0.29) is 17.4 Å². The van der Waals surface area contributed by atoms with Gasteiger partial charge in [-0.1, -0.05) is 25.6 Å². The fraction of sp³-hybridized carbons (Fsp3) is 0.471. The molecule has 0 atom stereocenters. The van der Waals surface area contributed by atoms with Crippen molar-refractivity contribution in [3.63, 3.8) is 0 Å². The minimum absolute atomic E-state index is 0.124. The van der Waals surface area contributed by atoms with Crippen molar-refractivity contribution >= 4 is 23.7 Å². The first-order chi connectivity index (χ1) is 12.9. The number of benzene rings is 1. The molecule has 1 heterocycles. The van der Waals surface area contributed by atoms with Crippen molar-refractivity contribution in [1.29, 1.82) is 0 Å². The van der Waals surface area contributed by atoms with Crippen LogP contribution in [-0.4, -0.2) is 45.5 Å². The van der Waals surface area contributed by atoms with Crippen molar-refractivity contribution in [3.8, 4) is 11.5 Å². The number of hydrogen-bond donors (Lipinski definition) is 0. The van der Waals surface area contributed by atoms with Crippen molar-refractivity contribution in [3.05, 3.63) is 33.6 Å². The lowest BCUT2D eigenvalue weighted by Gasteiger charge is -2.12. The summed E-state index contributed by atoms with van der Waals surface area (Å²) in [6.07, 6.45) is 3.41. The minimum Gasteiger partial charge on any atom is -0.490 e. The van der Waals surface area contributed by atoms with Crippen LogP contribution in [0.4, 0.5) is 5.69 Å². The van der Waals surface area contributed by atoms with Gasteiger partial charge in [0.1, 0.15) is 0 Å². The van der Waals surface area contributed by atoms with Crippen LogP contribution in [-0.2, 0) is 0 Å². The normalized spacial score (nSPS) is 11.3. The molecule has 0 aliphatic heterocycles. The molecule has 0 aliphatic rings. The van der Waals surface area contributed by atoms with Crippen LogP contribution in [0.2, 0.25) is 0 Å². The molecule has 0 spiro atoms. The van der Waals surface area contributed by atoms with Gasteiger partial charge in [-0.25, -0.2) is 0 Å². The van der Waals surface area contributed by atoms with E-state index in [4.69, 9.17) is 9.47 Å². The maximum absolute atomic E-state index is 11.5. The Morgan fingerprint density at radius 2 is 2.00 bits per heavy atom. The number of thioether (sulfide) groups is 1. The van der Waals surface area contributed by atoms with Gasteiger partial charge in [0.15, 0.2) is 11.6 Å². The Labute approximate surface area is 161 Å². The number of ether oxygens (including phenoxy) is 2. The number of nitro benzene ring substituents is 1. The standard InChI is InChI=1S/C17H23N5O4S/c1-6-25-14-9-12(8-13(22(23)24)15(14)26-7-2)10-18-21-16(11(3)4)19-20-17(21)27-5/h8-11H,6-7H2,1-5H3/b18-10-. The zero-order valence-electron chi connectivity index (χ0n) is 16.0. The molecule has 0 aliphatic carbocycles. The van der Waals surface area contributed by atoms with E-state index in [1.807, 2.05) is 20.1 Å². The first-order valence-corrected chi connectivity index (χ1v) is 9.77. The molecule has 10 heteroatoms. The first kappa shape index (κ1) is 20.7. The smallest absolute Gasteiger partial charge is 0.315 e. The summed E-state index contributed by atoms with van der Waals surface area (Å²) in [7, 11) is 0. The lowest BCUT2D eigenvalue weighted by Crippen LogP contribution is -2.04. The van der Waals surface area contributed by atoms with E-state index in [9.17, 15) is 10.1 Å². The van der Waals surface area contributed by atoms with Crippen molar-refractivity contribution in [1.82, 2.24) is 14.9 Å². The van der Waals surface area contributed by atoms with Crippen LogP contribution in [0.15, 0.2) is 22.4 Å². The van der Waals surface area contributed by atoms with Crippen molar-refractivity contribution in [2.24, 2.45) is 5.10 Å². The predicted octanol–water partition coefficient (Wildman–Crippen LogP) is 3.71. The Hall–Kier alpha value is -2.62. The van der Waals surface area contributed by atoms with E-state index in [0.29, 0.717) is 35.5 Å². The molecule has 2 aromatic rings. The fourth-order valence-electron chi connectivity index (χ4n) is 2.37. The zero-order valence-corrected chi connectivity index (χ0v) is 16.8. The van der Waals surface area contributed by atoms with Gasteiger partial charge in [-0.2, -0.15) is 9.78 Å². The summed E-state index contributed by atoms with van der Waals surface area (Å²) in [6, 6.07) is 3.08. The van der Waals surface area contributed by atoms with Gasteiger partial charge in [-0.15, -0.1) is 10.2 Å². The topological polar surface area (TPSA) is 105 Å². The Bertz CT molecular complexity index is 835. The van der Waals surface area contributed by atoms with E-state index in [2.05, 4.69) is 15.3 Å². The van der Waals surface area contributed by atoms with Crippen LogP contribution < -0.4 is 9.47 Å². The predicted molar refractivity (Wildman–Crippen MR) is 104 cm³/mol. The molecule has 27 heavy (non-hydrogen) atoms. The molecule has 0 fully saturated rings. The number of hydrogen-bond acceptors (Lipinski definition) is 8. The van der Waals surface area contributed by atoms with Crippen molar-refractivity contribution in [2.45, 2.75) is 38.8 Å². The molecule has 1 aromatic heterocycles. The summed E-state index contributed by atoms with van der Waals surface area (Å²) in [5, 5.41) is 24.8. The van der Waals surface area contributed by atoms with Gasteiger partial charge in [-0.3, -0.25) is 10.1 Å². The average Bonchev–Trinajstić information content (AvgIpc) is 3.05. The summed E-state index contributed by atoms with van der Waals surface area (Å²) in [6.45, 7) is 8.21. The molecule has 0 saturated carbocycles. The monoisotopic (exact) mass is 393 g/mol. The second-order valence-electron chi connectivity index (χ2n) is 5.75. The van der Waals surface area contributed by atoms with Crippen LogP contribution in [0.1, 0.15) is 45.0 Å². The molecule has 0 unspecified atom stereocenters. The Balaban J connectivity index is 2.52. The lowest BCUT2D eigenvalue weighted by atomic mass is 10.2. The first-order valence-electron chi connectivity index (χ1n) is 8.54. The van der Waals surface area contributed by atoms with E-state index >= 15 is 0 Å². The van der Waals surface area contributed by atoms with Crippen LogP contribution >= 0.6 is 11.8 Å². The third-order valence-corrected chi connectivity index (χ3v) is 4.12. The Morgan fingerprint density at radius 1 is 1.30 bits per heavy atom. The fourth-order valence-corrected chi connectivity index (χ4v) is 2.80. The molecule has 1 aromatic carbocycles. The minimum atomic E-state index is -0.490. The molecule has 0 radical (unpaired) electrons. The maximum atomic E-state index is 11.5. The molecule has 9 nitrogen and oxygen atoms in total. The van der Waals surface area contributed by atoms with E-state index in [1.54, 1.807) is 24.6 Å². The van der Waals surface area contributed by atoms with Crippen LogP contribution in [0.5, 0.6) is 11.5 Å². The van der Waals surface area contributed by atoms with Crippen molar-refractivity contribution < 1.29 is 14.4 Å². The van der Waals surface area contributed by atoms with Gasteiger partial charge >= 0.3 is 5.69 Å². The molecule has 0 saturated heterocycles. The second kappa shape index (κ2) is 9.36. The Morgan fingerprint density at radius 3 is 2.56 bits per heavy atom. The molecule has 0 bridgehead atoms. The summed E-state index contributed by atoms with van der Waals surface area (Å²) < 4.78 is 12.6. The van der Waals surface area contributed by atoms with Gasteiger partial charge in [0.05, 0.1) is 24.4 Å². The lowest BCUT2D eigenvalue weighted by molar-refractivity contribution is -0.385. The third kappa shape index (κ3) is 4.76. The van der Waals surface area contributed by atoms with Gasteiger partial charge < -0.3 is 9.47 Å². The van der Waals surface area contributed by atoms with Gasteiger partial charge in [-0.05, 0) is 26.2 Å². The highest BCUT2D eigenvalue weighted by Crippen LogP contribution is 2.38. The van der Waals surface area contributed by atoms with Crippen LogP contribution in [0.25, 0.3) is 0 Å².